The fourth-order valence-electron chi connectivity index (χ4n) is 2.08. The zero-order chi connectivity index (χ0) is 14.4. The number of ether oxygens (including phenoxy) is 1. The smallest absolute Gasteiger partial charge is 0.261 e. The van der Waals surface area contributed by atoms with Crippen molar-refractivity contribution < 1.29 is 13.5 Å². The molecular formula is C15H23F2NO. The quantitative estimate of drug-likeness (QED) is 0.766. The van der Waals surface area contributed by atoms with Crippen LogP contribution in [0.25, 0.3) is 0 Å². The molecule has 1 aromatic carbocycles. The Kier molecular flexibility index (Phi) is 6.38. The van der Waals surface area contributed by atoms with Crippen molar-refractivity contribution in [3.8, 4) is 0 Å². The second-order valence-corrected chi connectivity index (χ2v) is 4.93. The van der Waals surface area contributed by atoms with Crippen molar-refractivity contribution in [2.45, 2.75) is 40.2 Å². The van der Waals surface area contributed by atoms with E-state index in [0.717, 1.165) is 0 Å². The van der Waals surface area contributed by atoms with Crippen LogP contribution in [0.4, 0.5) is 8.78 Å². The number of benzene rings is 1. The summed E-state index contributed by atoms with van der Waals surface area (Å²) in [7, 11) is 0. The van der Waals surface area contributed by atoms with Crippen LogP contribution in [0.5, 0.6) is 0 Å². The zero-order valence-corrected chi connectivity index (χ0v) is 12.1. The Morgan fingerprint density at radius 3 is 2.37 bits per heavy atom. The molecule has 0 bridgehead atoms. The van der Waals surface area contributed by atoms with Crippen molar-refractivity contribution in [1.29, 1.82) is 0 Å². The summed E-state index contributed by atoms with van der Waals surface area (Å²) in [5.41, 5.74) is 5.05. The van der Waals surface area contributed by atoms with Crippen LogP contribution >= 0.6 is 0 Å². The van der Waals surface area contributed by atoms with Crippen molar-refractivity contribution >= 4 is 0 Å². The highest BCUT2D eigenvalue weighted by Gasteiger charge is 2.09. The van der Waals surface area contributed by atoms with E-state index >= 15 is 0 Å². The SMILES string of the molecule is Cc1cc(C)c(C(C)NCCOCC(F)F)cc1C. The van der Waals surface area contributed by atoms with Gasteiger partial charge >= 0.3 is 0 Å². The van der Waals surface area contributed by atoms with Crippen molar-refractivity contribution in [3.05, 3.63) is 34.4 Å². The van der Waals surface area contributed by atoms with Crippen LogP contribution in [0.1, 0.15) is 35.2 Å². The number of rotatable bonds is 7. The van der Waals surface area contributed by atoms with E-state index in [-0.39, 0.29) is 6.04 Å². The zero-order valence-electron chi connectivity index (χ0n) is 12.1. The Morgan fingerprint density at radius 2 is 1.74 bits per heavy atom. The highest BCUT2D eigenvalue weighted by atomic mass is 19.3. The monoisotopic (exact) mass is 271 g/mol. The van der Waals surface area contributed by atoms with Gasteiger partial charge in [-0.1, -0.05) is 12.1 Å². The van der Waals surface area contributed by atoms with E-state index in [1.807, 2.05) is 0 Å². The van der Waals surface area contributed by atoms with Crippen LogP contribution in [-0.2, 0) is 4.74 Å². The molecular weight excluding hydrogens is 248 g/mol. The summed E-state index contributed by atoms with van der Waals surface area (Å²) in [5, 5.41) is 3.29. The van der Waals surface area contributed by atoms with Gasteiger partial charge in [-0.2, -0.15) is 0 Å². The van der Waals surface area contributed by atoms with E-state index in [4.69, 9.17) is 4.74 Å². The molecule has 2 nitrogen and oxygen atoms in total. The van der Waals surface area contributed by atoms with Gasteiger partial charge in [-0.3, -0.25) is 0 Å². The number of hydrogen-bond donors (Lipinski definition) is 1. The summed E-state index contributed by atoms with van der Waals surface area (Å²) in [6, 6.07) is 4.55. The van der Waals surface area contributed by atoms with Crippen LogP contribution in [0.15, 0.2) is 12.1 Å². The maximum absolute atomic E-state index is 11.9. The van der Waals surface area contributed by atoms with E-state index in [9.17, 15) is 8.78 Å². The van der Waals surface area contributed by atoms with Gasteiger partial charge in [0.2, 0.25) is 0 Å². The predicted molar refractivity (Wildman–Crippen MR) is 73.9 cm³/mol. The molecule has 0 heterocycles. The lowest BCUT2D eigenvalue weighted by molar-refractivity contribution is 0.0183. The van der Waals surface area contributed by atoms with Crippen LogP contribution in [-0.4, -0.2) is 26.2 Å². The molecule has 0 aliphatic heterocycles. The fraction of sp³-hybridized carbons (Fsp3) is 0.600. The van der Waals surface area contributed by atoms with Crippen LogP contribution in [0.3, 0.4) is 0 Å². The Bertz CT molecular complexity index is 407. The molecule has 0 aliphatic rings. The molecule has 1 rings (SSSR count). The van der Waals surface area contributed by atoms with Crippen molar-refractivity contribution in [2.24, 2.45) is 0 Å². The molecule has 0 aliphatic carbocycles. The summed E-state index contributed by atoms with van der Waals surface area (Å²) in [6.07, 6.45) is -2.39. The molecule has 1 unspecified atom stereocenters. The standard InChI is InChI=1S/C15H23F2NO/c1-10-7-12(3)14(8-11(10)2)13(4)18-5-6-19-9-15(16)17/h7-8,13,15,18H,5-6,9H2,1-4H3. The van der Waals surface area contributed by atoms with Gasteiger partial charge in [-0.15, -0.1) is 0 Å². The molecule has 0 fully saturated rings. The summed E-state index contributed by atoms with van der Waals surface area (Å²) in [4.78, 5) is 0. The molecule has 1 aromatic rings. The minimum atomic E-state index is -2.39. The average Bonchev–Trinajstić information content (AvgIpc) is 2.32. The van der Waals surface area contributed by atoms with Gasteiger partial charge in [0.05, 0.1) is 6.61 Å². The van der Waals surface area contributed by atoms with Gasteiger partial charge in [0, 0.05) is 12.6 Å². The Morgan fingerprint density at radius 1 is 1.11 bits per heavy atom. The summed E-state index contributed by atoms with van der Waals surface area (Å²) in [5.74, 6) is 0. The van der Waals surface area contributed by atoms with Crippen LogP contribution in [0.2, 0.25) is 0 Å². The predicted octanol–water partition coefficient (Wildman–Crippen LogP) is 3.54. The molecule has 0 amide bonds. The normalized spacial score (nSPS) is 13.0. The van der Waals surface area contributed by atoms with Crippen LogP contribution in [0, 0.1) is 20.8 Å². The number of halogens is 2. The molecule has 108 valence electrons. The lowest BCUT2D eigenvalue weighted by Crippen LogP contribution is -2.24. The molecule has 0 saturated heterocycles. The third-order valence-corrected chi connectivity index (χ3v) is 3.29. The molecule has 0 aromatic heterocycles. The first-order valence-electron chi connectivity index (χ1n) is 6.58. The average molecular weight is 271 g/mol. The van der Waals surface area contributed by atoms with E-state index in [2.05, 4.69) is 45.1 Å². The first-order valence-corrected chi connectivity index (χ1v) is 6.58. The number of aryl methyl sites for hydroxylation is 3. The molecule has 19 heavy (non-hydrogen) atoms. The summed E-state index contributed by atoms with van der Waals surface area (Å²) >= 11 is 0. The maximum atomic E-state index is 11.9. The summed E-state index contributed by atoms with van der Waals surface area (Å²) in [6.45, 7) is 8.74. The highest BCUT2D eigenvalue weighted by Crippen LogP contribution is 2.21. The number of nitrogens with one attached hydrogen (secondary N) is 1. The van der Waals surface area contributed by atoms with Gasteiger partial charge < -0.3 is 10.1 Å². The molecule has 4 heteroatoms. The first kappa shape index (κ1) is 16.1. The fourth-order valence-corrected chi connectivity index (χ4v) is 2.08. The molecule has 0 radical (unpaired) electrons. The summed E-state index contributed by atoms with van der Waals surface area (Å²) < 4.78 is 28.6. The van der Waals surface area contributed by atoms with Gasteiger partial charge in [0.15, 0.2) is 0 Å². The maximum Gasteiger partial charge on any atom is 0.261 e. The minimum Gasteiger partial charge on any atom is -0.374 e. The molecule has 1 N–H and O–H groups in total. The largest absolute Gasteiger partial charge is 0.374 e. The van der Waals surface area contributed by atoms with Gasteiger partial charge in [0.25, 0.3) is 6.43 Å². The lowest BCUT2D eigenvalue weighted by Gasteiger charge is -2.18. The Labute approximate surface area is 114 Å². The van der Waals surface area contributed by atoms with E-state index in [1.54, 1.807) is 0 Å². The third kappa shape index (κ3) is 5.25. The third-order valence-electron chi connectivity index (χ3n) is 3.29. The topological polar surface area (TPSA) is 21.3 Å². The van der Waals surface area contributed by atoms with Crippen molar-refractivity contribution in [3.63, 3.8) is 0 Å². The van der Waals surface area contributed by atoms with E-state index < -0.39 is 13.0 Å². The van der Waals surface area contributed by atoms with Crippen molar-refractivity contribution in [2.75, 3.05) is 19.8 Å². The Balaban J connectivity index is 2.45. The second kappa shape index (κ2) is 7.56. The van der Waals surface area contributed by atoms with E-state index in [0.29, 0.717) is 13.2 Å². The van der Waals surface area contributed by atoms with Crippen LogP contribution < -0.4 is 5.32 Å². The first-order chi connectivity index (χ1) is 8.91. The molecule has 0 saturated carbocycles. The lowest BCUT2D eigenvalue weighted by atomic mass is 9.96. The Hall–Kier alpha value is -1.00. The van der Waals surface area contributed by atoms with Gasteiger partial charge in [-0.05, 0) is 49.9 Å². The number of hydrogen-bond acceptors (Lipinski definition) is 2. The molecule has 0 spiro atoms. The highest BCUT2D eigenvalue weighted by molar-refractivity contribution is 5.37. The second-order valence-electron chi connectivity index (χ2n) is 4.93. The minimum absolute atomic E-state index is 0.189. The number of alkyl halides is 2. The molecule has 1 atom stereocenters. The van der Waals surface area contributed by atoms with E-state index in [1.165, 1.54) is 22.3 Å². The van der Waals surface area contributed by atoms with Gasteiger partial charge in [-0.25, -0.2) is 8.78 Å². The van der Waals surface area contributed by atoms with Crippen molar-refractivity contribution in [1.82, 2.24) is 5.32 Å². The van der Waals surface area contributed by atoms with Gasteiger partial charge in [0.1, 0.15) is 6.61 Å².